The molecule has 1 heterocycles. The maximum atomic E-state index is 7.25. The van der Waals surface area contributed by atoms with Gasteiger partial charge in [-0.25, -0.2) is 4.98 Å². The minimum absolute atomic E-state index is 0.478. The van der Waals surface area contributed by atoms with Crippen LogP contribution in [0.5, 0.6) is 0 Å². The summed E-state index contributed by atoms with van der Waals surface area (Å²) < 4.78 is 5.91. The number of aromatic nitrogens is 1. The quantitative estimate of drug-likeness (QED) is 0.521. The number of aryl methyl sites for hydroxylation is 1. The van der Waals surface area contributed by atoms with Gasteiger partial charge < -0.3 is 9.83 Å². The molecule has 0 saturated carbocycles. The van der Waals surface area contributed by atoms with E-state index >= 15 is 0 Å². The molecule has 0 aliphatic carbocycles. The summed E-state index contributed by atoms with van der Waals surface area (Å²) in [4.78, 5) is 9.28. The van der Waals surface area contributed by atoms with E-state index in [9.17, 15) is 0 Å². The van der Waals surface area contributed by atoms with Gasteiger partial charge in [0.25, 0.3) is 0 Å². The fourth-order valence-corrected chi connectivity index (χ4v) is 2.58. The van der Waals surface area contributed by atoms with E-state index in [1.54, 1.807) is 24.4 Å². The van der Waals surface area contributed by atoms with Crippen LogP contribution in [0, 0.1) is 12.3 Å². The number of rotatable bonds is 7. The molecular weight excluding hydrogens is 370 g/mol. The molecule has 0 bridgehead atoms. The van der Waals surface area contributed by atoms with Crippen LogP contribution >= 0.6 is 0 Å². The molecule has 152 valence electrons. The molecule has 0 radical (unpaired) electrons. The SMILES string of the molecule is C=C(C=N)/C=C\N=C(C(=C)/C=C\CC)c1ccc(=C)oc2cc(C)ccc2c(=C)n1. The van der Waals surface area contributed by atoms with Crippen LogP contribution in [0.2, 0.25) is 0 Å². The van der Waals surface area contributed by atoms with Gasteiger partial charge in [-0.15, -0.1) is 0 Å². The van der Waals surface area contributed by atoms with Crippen molar-refractivity contribution >= 4 is 36.1 Å². The smallest absolute Gasteiger partial charge is 0.137 e. The van der Waals surface area contributed by atoms with Crippen molar-refractivity contribution in [3.63, 3.8) is 0 Å². The van der Waals surface area contributed by atoms with Crippen LogP contribution in [0.15, 0.2) is 88.5 Å². The van der Waals surface area contributed by atoms with E-state index in [2.05, 4.69) is 31.3 Å². The summed E-state index contributed by atoms with van der Waals surface area (Å²) in [6.45, 7) is 20.0. The highest BCUT2D eigenvalue weighted by atomic mass is 16.3. The molecule has 4 nitrogen and oxygen atoms in total. The van der Waals surface area contributed by atoms with Crippen molar-refractivity contribution < 1.29 is 4.42 Å². The van der Waals surface area contributed by atoms with E-state index in [0.717, 1.165) is 23.6 Å². The topological polar surface area (TPSA) is 62.2 Å². The Morgan fingerprint density at radius 1 is 1.17 bits per heavy atom. The molecule has 30 heavy (non-hydrogen) atoms. The number of fused-ring (bicyclic) bond motifs is 1. The Morgan fingerprint density at radius 2 is 1.93 bits per heavy atom. The van der Waals surface area contributed by atoms with Crippen molar-refractivity contribution in [1.82, 2.24) is 4.98 Å². The summed E-state index contributed by atoms with van der Waals surface area (Å²) in [7, 11) is 0. The first kappa shape index (κ1) is 22.5. The number of aliphatic imine (C=N–C) groups is 1. The summed E-state index contributed by atoms with van der Waals surface area (Å²) in [6.07, 6.45) is 9.19. The van der Waals surface area contributed by atoms with Crippen LogP contribution in [-0.2, 0) is 0 Å². The molecule has 1 aromatic heterocycles. The average molecular weight is 398 g/mol. The number of hydrogen-bond acceptors (Lipinski definition) is 4. The Bertz CT molecular complexity index is 1220. The third kappa shape index (κ3) is 6.11. The summed E-state index contributed by atoms with van der Waals surface area (Å²) in [6, 6.07) is 9.39. The maximum Gasteiger partial charge on any atom is 0.137 e. The Hall–Kier alpha value is -3.79. The number of hydrogen-bond donors (Lipinski definition) is 1. The molecule has 1 aromatic carbocycles. The van der Waals surface area contributed by atoms with Gasteiger partial charge in [0.2, 0.25) is 0 Å². The Labute approximate surface area is 177 Å². The zero-order valence-corrected chi connectivity index (χ0v) is 17.6. The predicted octanol–water partition coefficient (Wildman–Crippen LogP) is 5.11. The maximum absolute atomic E-state index is 7.25. The van der Waals surface area contributed by atoms with Crippen LogP contribution in [0.1, 0.15) is 24.6 Å². The molecule has 0 fully saturated rings. The molecule has 0 atom stereocenters. The van der Waals surface area contributed by atoms with Crippen LogP contribution < -0.4 is 10.8 Å². The fourth-order valence-electron chi connectivity index (χ4n) is 2.58. The van der Waals surface area contributed by atoms with E-state index in [1.165, 1.54) is 0 Å². The third-order valence-electron chi connectivity index (χ3n) is 4.15. The van der Waals surface area contributed by atoms with Crippen LogP contribution in [0.25, 0.3) is 24.1 Å². The Morgan fingerprint density at radius 3 is 2.63 bits per heavy atom. The lowest BCUT2D eigenvalue weighted by atomic mass is 10.1. The standard InChI is InChI=1S/C26H27N3O/c1-7-8-9-20(4)26(28-15-14-19(3)17-27)24-13-11-21(5)30-25-16-18(2)10-12-23(25)22(6)29-24/h8-17,27H,3-7H2,1-2H3/b9-8-,13-11?,15-14-,27-17?,28-26?,29-24?. The molecular formula is C26H27N3O. The van der Waals surface area contributed by atoms with Crippen molar-refractivity contribution in [2.24, 2.45) is 4.99 Å². The van der Waals surface area contributed by atoms with Crippen LogP contribution in [0.4, 0.5) is 0 Å². The largest absolute Gasteiger partial charge is 0.457 e. The van der Waals surface area contributed by atoms with Crippen molar-refractivity contribution in [3.8, 4) is 0 Å². The average Bonchev–Trinajstić information content (AvgIpc) is 2.77. The fraction of sp³-hybridized carbons (Fsp3) is 0.115. The summed E-state index contributed by atoms with van der Waals surface area (Å²) in [5, 5.41) is 8.58. The minimum Gasteiger partial charge on any atom is -0.457 e. The lowest BCUT2D eigenvalue weighted by Crippen LogP contribution is -2.11. The number of allylic oxidation sites excluding steroid dienone is 5. The molecule has 0 aliphatic heterocycles. The normalized spacial score (nSPS) is 11.7. The summed E-state index contributed by atoms with van der Waals surface area (Å²) in [5.74, 6) is 0. The molecule has 1 N–H and O–H groups in total. The minimum atomic E-state index is 0.478. The van der Waals surface area contributed by atoms with Crippen molar-refractivity contribution in [1.29, 1.82) is 5.41 Å². The highest BCUT2D eigenvalue weighted by Crippen LogP contribution is 2.11. The van der Waals surface area contributed by atoms with Gasteiger partial charge in [0, 0.05) is 17.8 Å². The zero-order valence-electron chi connectivity index (χ0n) is 17.6. The molecule has 0 amide bonds. The van der Waals surface area contributed by atoms with Crippen LogP contribution in [0.3, 0.4) is 0 Å². The number of nitrogens with zero attached hydrogens (tertiary/aromatic N) is 2. The first-order valence-corrected chi connectivity index (χ1v) is 9.59. The monoisotopic (exact) mass is 397 g/mol. The second-order valence-corrected chi connectivity index (χ2v) is 6.69. The van der Waals surface area contributed by atoms with E-state index in [1.807, 2.05) is 44.2 Å². The van der Waals surface area contributed by atoms with Gasteiger partial charge in [-0.05, 0) is 60.4 Å². The first-order chi connectivity index (χ1) is 14.3. The van der Waals surface area contributed by atoms with Gasteiger partial charge in [-0.2, -0.15) is 0 Å². The van der Waals surface area contributed by atoms with E-state index in [-0.39, 0.29) is 0 Å². The second-order valence-electron chi connectivity index (χ2n) is 6.69. The second kappa shape index (κ2) is 10.7. The third-order valence-corrected chi connectivity index (χ3v) is 4.15. The molecule has 0 aliphatic rings. The number of nitrogens with one attached hydrogen (secondary N) is 1. The van der Waals surface area contributed by atoms with E-state index in [0.29, 0.717) is 38.9 Å². The predicted molar refractivity (Wildman–Crippen MR) is 129 cm³/mol. The molecule has 0 unspecified atom stereocenters. The van der Waals surface area contributed by atoms with Crippen molar-refractivity contribution in [2.75, 3.05) is 0 Å². The van der Waals surface area contributed by atoms with Crippen LogP contribution in [-0.4, -0.2) is 16.9 Å². The molecule has 4 heteroatoms. The molecule has 0 spiro atoms. The van der Waals surface area contributed by atoms with Gasteiger partial charge in [0.05, 0.1) is 16.8 Å². The van der Waals surface area contributed by atoms with E-state index in [4.69, 9.17) is 14.8 Å². The Kier molecular flexibility index (Phi) is 8.00. The Balaban J connectivity index is 2.82. The number of benzene rings is 1. The van der Waals surface area contributed by atoms with Gasteiger partial charge in [0.15, 0.2) is 0 Å². The van der Waals surface area contributed by atoms with Gasteiger partial charge in [0.1, 0.15) is 11.0 Å². The molecule has 2 rings (SSSR count). The van der Waals surface area contributed by atoms with Crippen molar-refractivity contribution in [2.45, 2.75) is 20.3 Å². The first-order valence-electron chi connectivity index (χ1n) is 9.59. The lowest BCUT2D eigenvalue weighted by Gasteiger charge is -2.04. The lowest BCUT2D eigenvalue weighted by molar-refractivity contribution is 0.570. The molecule has 0 saturated heterocycles. The summed E-state index contributed by atoms with van der Waals surface area (Å²) in [5.41, 5.74) is 4.60. The highest BCUT2D eigenvalue weighted by Gasteiger charge is 2.07. The van der Waals surface area contributed by atoms with Gasteiger partial charge in [-0.1, -0.05) is 51.5 Å². The molecule has 2 aromatic rings. The highest BCUT2D eigenvalue weighted by molar-refractivity contribution is 6.13. The van der Waals surface area contributed by atoms with Gasteiger partial charge >= 0.3 is 0 Å². The van der Waals surface area contributed by atoms with E-state index < -0.39 is 0 Å². The van der Waals surface area contributed by atoms with Crippen molar-refractivity contribution in [3.05, 3.63) is 101 Å². The summed E-state index contributed by atoms with van der Waals surface area (Å²) >= 11 is 0. The van der Waals surface area contributed by atoms with Gasteiger partial charge in [-0.3, -0.25) is 4.99 Å². The zero-order chi connectivity index (χ0) is 22.1.